The molecule has 0 spiro atoms. The molecule has 3 nitrogen and oxygen atoms in total. The molecule has 0 bridgehead atoms. The summed E-state index contributed by atoms with van der Waals surface area (Å²) in [5.74, 6) is 1.84. The minimum Gasteiger partial charge on any atom is -0.494 e. The monoisotopic (exact) mass is 338 g/mol. The van der Waals surface area contributed by atoms with Crippen molar-refractivity contribution >= 4 is 33.4 Å². The molecule has 1 aromatic heterocycles. The minimum atomic E-state index is 0.696. The molecular formula is C14H15BrN2OS. The van der Waals surface area contributed by atoms with Crippen LogP contribution in [0, 0.1) is 0 Å². The van der Waals surface area contributed by atoms with Crippen LogP contribution in [0.15, 0.2) is 52.1 Å². The average molecular weight is 339 g/mol. The summed E-state index contributed by atoms with van der Waals surface area (Å²) in [7, 11) is 0. The first-order chi connectivity index (χ1) is 9.25. The maximum absolute atomic E-state index is 5.63. The van der Waals surface area contributed by atoms with Crippen LogP contribution in [-0.2, 0) is 0 Å². The number of ether oxygens (including phenoxy) is 1. The van der Waals surface area contributed by atoms with E-state index in [4.69, 9.17) is 10.5 Å². The topological polar surface area (TPSA) is 48.1 Å². The number of pyridine rings is 1. The van der Waals surface area contributed by atoms with Crippen LogP contribution < -0.4 is 10.5 Å². The Hall–Kier alpha value is -1.20. The van der Waals surface area contributed by atoms with Crippen molar-refractivity contribution in [2.45, 2.75) is 11.4 Å². The number of benzene rings is 1. The van der Waals surface area contributed by atoms with E-state index in [-0.39, 0.29) is 0 Å². The minimum absolute atomic E-state index is 0.696. The summed E-state index contributed by atoms with van der Waals surface area (Å²) in [6.07, 6.45) is 2.77. The van der Waals surface area contributed by atoms with Crippen LogP contribution >= 0.6 is 27.7 Å². The summed E-state index contributed by atoms with van der Waals surface area (Å²) >= 11 is 5.21. The molecule has 0 radical (unpaired) electrons. The highest BCUT2D eigenvalue weighted by atomic mass is 79.9. The molecule has 0 fully saturated rings. The molecule has 0 aliphatic heterocycles. The van der Waals surface area contributed by atoms with Gasteiger partial charge in [-0.2, -0.15) is 0 Å². The van der Waals surface area contributed by atoms with E-state index in [1.165, 1.54) is 0 Å². The molecule has 2 rings (SSSR count). The van der Waals surface area contributed by atoms with Gasteiger partial charge in [0.1, 0.15) is 10.8 Å². The zero-order valence-electron chi connectivity index (χ0n) is 10.4. The van der Waals surface area contributed by atoms with Gasteiger partial charge in [-0.25, -0.2) is 4.98 Å². The van der Waals surface area contributed by atoms with Crippen LogP contribution in [0.25, 0.3) is 0 Å². The second kappa shape index (κ2) is 7.40. The summed E-state index contributed by atoms with van der Waals surface area (Å²) in [5.41, 5.74) is 6.36. The summed E-state index contributed by atoms with van der Waals surface area (Å²) in [6.45, 7) is 0.696. The number of thioether (sulfide) groups is 1. The fraction of sp³-hybridized carbons (Fsp3) is 0.214. The molecule has 0 amide bonds. The Bertz CT molecular complexity index is 519. The number of nitrogens with two attached hydrogens (primary N) is 1. The lowest BCUT2D eigenvalue weighted by Crippen LogP contribution is -1.99. The van der Waals surface area contributed by atoms with Crippen molar-refractivity contribution in [2.24, 2.45) is 0 Å². The molecule has 2 N–H and O–H groups in total. The molecule has 0 unspecified atom stereocenters. The van der Waals surface area contributed by atoms with Gasteiger partial charge in [0.05, 0.1) is 6.61 Å². The van der Waals surface area contributed by atoms with Gasteiger partial charge in [-0.15, -0.1) is 11.8 Å². The standard InChI is InChI=1S/C14H15BrN2OS/c15-13-3-1-8-17-14(13)19-10-2-9-18-12-6-4-11(16)5-7-12/h1,3-8H,2,9-10,16H2. The molecule has 0 aliphatic rings. The quantitative estimate of drug-likeness (QED) is 0.491. The molecule has 100 valence electrons. The van der Waals surface area contributed by atoms with Crippen molar-refractivity contribution in [1.29, 1.82) is 0 Å². The van der Waals surface area contributed by atoms with E-state index in [2.05, 4.69) is 20.9 Å². The molecule has 0 saturated carbocycles. The molecular weight excluding hydrogens is 324 g/mol. The van der Waals surface area contributed by atoms with Crippen LogP contribution in [0.4, 0.5) is 5.69 Å². The molecule has 1 heterocycles. The first kappa shape index (κ1) is 14.2. The van der Waals surface area contributed by atoms with Crippen molar-refractivity contribution in [3.63, 3.8) is 0 Å². The predicted octanol–water partition coefficient (Wildman–Crippen LogP) is 3.99. The number of aromatic nitrogens is 1. The summed E-state index contributed by atoms with van der Waals surface area (Å²) < 4.78 is 6.67. The second-order valence-electron chi connectivity index (χ2n) is 3.91. The number of rotatable bonds is 6. The van der Waals surface area contributed by atoms with Crippen molar-refractivity contribution < 1.29 is 4.74 Å². The highest BCUT2D eigenvalue weighted by molar-refractivity contribution is 9.10. The molecule has 2 aromatic rings. The van der Waals surface area contributed by atoms with E-state index in [9.17, 15) is 0 Å². The van der Waals surface area contributed by atoms with Crippen molar-refractivity contribution in [1.82, 2.24) is 4.98 Å². The number of anilines is 1. The third kappa shape index (κ3) is 4.76. The lowest BCUT2D eigenvalue weighted by Gasteiger charge is -2.06. The van der Waals surface area contributed by atoms with Crippen LogP contribution in [0.1, 0.15) is 6.42 Å². The van der Waals surface area contributed by atoms with Gasteiger partial charge in [-0.05, 0) is 58.7 Å². The Morgan fingerprint density at radius 3 is 2.74 bits per heavy atom. The first-order valence-electron chi connectivity index (χ1n) is 5.97. The summed E-state index contributed by atoms with van der Waals surface area (Å²) in [4.78, 5) is 4.31. The van der Waals surface area contributed by atoms with Crippen molar-refractivity contribution in [3.8, 4) is 5.75 Å². The van der Waals surface area contributed by atoms with E-state index in [1.54, 1.807) is 18.0 Å². The highest BCUT2D eigenvalue weighted by Crippen LogP contribution is 2.25. The smallest absolute Gasteiger partial charge is 0.119 e. The third-order valence-corrected chi connectivity index (χ3v) is 4.39. The maximum Gasteiger partial charge on any atom is 0.119 e. The van der Waals surface area contributed by atoms with Gasteiger partial charge in [-0.1, -0.05) is 0 Å². The van der Waals surface area contributed by atoms with Crippen LogP contribution in [-0.4, -0.2) is 17.3 Å². The van der Waals surface area contributed by atoms with E-state index >= 15 is 0 Å². The molecule has 0 atom stereocenters. The molecule has 0 saturated heterocycles. The Morgan fingerprint density at radius 2 is 2.00 bits per heavy atom. The summed E-state index contributed by atoms with van der Waals surface area (Å²) in [6, 6.07) is 11.4. The fourth-order valence-corrected chi connectivity index (χ4v) is 2.85. The van der Waals surface area contributed by atoms with Crippen molar-refractivity contribution in [3.05, 3.63) is 47.1 Å². The van der Waals surface area contributed by atoms with Crippen molar-refractivity contribution in [2.75, 3.05) is 18.1 Å². The van der Waals surface area contributed by atoms with Crippen LogP contribution in [0.2, 0.25) is 0 Å². The maximum atomic E-state index is 5.63. The third-order valence-electron chi connectivity index (χ3n) is 2.40. The predicted molar refractivity (Wildman–Crippen MR) is 83.6 cm³/mol. The zero-order valence-corrected chi connectivity index (χ0v) is 12.8. The van der Waals surface area contributed by atoms with Gasteiger partial charge in [-0.3, -0.25) is 0 Å². The molecule has 5 heteroatoms. The fourth-order valence-electron chi connectivity index (χ4n) is 1.46. The van der Waals surface area contributed by atoms with Gasteiger partial charge in [0.25, 0.3) is 0 Å². The normalized spacial score (nSPS) is 10.4. The Morgan fingerprint density at radius 1 is 1.21 bits per heavy atom. The largest absolute Gasteiger partial charge is 0.494 e. The Kier molecular flexibility index (Phi) is 5.54. The number of halogens is 1. The van der Waals surface area contributed by atoms with E-state index < -0.39 is 0 Å². The van der Waals surface area contributed by atoms with Gasteiger partial charge in [0.2, 0.25) is 0 Å². The zero-order chi connectivity index (χ0) is 13.5. The van der Waals surface area contributed by atoms with Crippen LogP contribution in [0.3, 0.4) is 0 Å². The van der Waals surface area contributed by atoms with Gasteiger partial charge < -0.3 is 10.5 Å². The molecule has 19 heavy (non-hydrogen) atoms. The lowest BCUT2D eigenvalue weighted by molar-refractivity contribution is 0.319. The van der Waals surface area contributed by atoms with E-state index in [0.29, 0.717) is 6.61 Å². The van der Waals surface area contributed by atoms with E-state index in [0.717, 1.165) is 33.1 Å². The number of hydrogen-bond donors (Lipinski definition) is 1. The Balaban J connectivity index is 1.67. The Labute approximate surface area is 125 Å². The average Bonchev–Trinajstić information content (AvgIpc) is 2.42. The highest BCUT2D eigenvalue weighted by Gasteiger charge is 2.00. The van der Waals surface area contributed by atoms with E-state index in [1.807, 2.05) is 36.4 Å². The lowest BCUT2D eigenvalue weighted by atomic mass is 10.3. The first-order valence-corrected chi connectivity index (χ1v) is 7.75. The van der Waals surface area contributed by atoms with Gasteiger partial charge in [0, 0.05) is 22.1 Å². The van der Waals surface area contributed by atoms with Gasteiger partial charge in [0.15, 0.2) is 0 Å². The summed E-state index contributed by atoms with van der Waals surface area (Å²) in [5, 5.41) is 1.02. The SMILES string of the molecule is Nc1ccc(OCCCSc2ncccc2Br)cc1. The second-order valence-corrected chi connectivity index (χ2v) is 5.85. The number of nitrogen functional groups attached to an aromatic ring is 1. The van der Waals surface area contributed by atoms with Gasteiger partial charge >= 0.3 is 0 Å². The number of nitrogens with zero attached hydrogens (tertiary/aromatic N) is 1. The number of hydrogen-bond acceptors (Lipinski definition) is 4. The molecule has 1 aromatic carbocycles. The molecule has 0 aliphatic carbocycles. The van der Waals surface area contributed by atoms with Crippen LogP contribution in [0.5, 0.6) is 5.75 Å².